The van der Waals surface area contributed by atoms with Gasteiger partial charge in [0.25, 0.3) is 5.91 Å². The molecule has 5 heteroatoms. The molecule has 1 aliphatic rings. The Morgan fingerprint density at radius 2 is 2.00 bits per heavy atom. The number of hydrogen-bond acceptors (Lipinski definition) is 3. The molecule has 4 nitrogen and oxygen atoms in total. The molecule has 0 aromatic heterocycles. The summed E-state index contributed by atoms with van der Waals surface area (Å²) in [5, 5.41) is 2.73. The van der Waals surface area contributed by atoms with E-state index in [1.54, 1.807) is 12.1 Å². The SMILES string of the molecule is COc1ccc(/C=C2/N=C(Cc3ccccc3)NC2=O)cc1F. The lowest BCUT2D eigenvalue weighted by Crippen LogP contribution is -2.25. The van der Waals surface area contributed by atoms with Crippen LogP contribution >= 0.6 is 0 Å². The van der Waals surface area contributed by atoms with Crippen molar-refractivity contribution in [3.05, 3.63) is 71.2 Å². The standard InChI is InChI=1S/C18H15FN2O2/c1-23-16-8-7-13(9-14(16)19)10-15-18(22)21-17(20-15)11-12-5-3-2-4-6-12/h2-10H,11H2,1H3,(H,20,21,22)/b15-10+. The average Bonchev–Trinajstić information content (AvgIpc) is 2.88. The van der Waals surface area contributed by atoms with Gasteiger partial charge in [0.05, 0.1) is 7.11 Å². The number of aliphatic imine (C=N–C) groups is 1. The fourth-order valence-corrected chi connectivity index (χ4v) is 2.32. The lowest BCUT2D eigenvalue weighted by atomic mass is 10.1. The first-order valence-corrected chi connectivity index (χ1v) is 7.14. The molecule has 0 radical (unpaired) electrons. The van der Waals surface area contributed by atoms with Crippen molar-refractivity contribution in [1.29, 1.82) is 0 Å². The van der Waals surface area contributed by atoms with Crippen LogP contribution in [-0.2, 0) is 11.2 Å². The van der Waals surface area contributed by atoms with E-state index in [0.717, 1.165) is 5.56 Å². The van der Waals surface area contributed by atoms with Crippen molar-refractivity contribution in [2.45, 2.75) is 6.42 Å². The third-order valence-corrected chi connectivity index (χ3v) is 3.44. The zero-order valence-corrected chi connectivity index (χ0v) is 12.5. The number of hydrogen-bond donors (Lipinski definition) is 1. The van der Waals surface area contributed by atoms with Crippen molar-refractivity contribution in [2.24, 2.45) is 4.99 Å². The first-order valence-electron chi connectivity index (χ1n) is 7.14. The Kier molecular flexibility index (Phi) is 4.19. The maximum absolute atomic E-state index is 13.7. The quantitative estimate of drug-likeness (QED) is 0.883. The number of nitrogens with one attached hydrogen (secondary N) is 1. The summed E-state index contributed by atoms with van der Waals surface area (Å²) in [7, 11) is 1.40. The summed E-state index contributed by atoms with van der Waals surface area (Å²) < 4.78 is 18.6. The number of halogens is 1. The fourth-order valence-electron chi connectivity index (χ4n) is 2.32. The lowest BCUT2D eigenvalue weighted by molar-refractivity contribution is -0.115. The number of carbonyl (C=O) groups is 1. The van der Waals surface area contributed by atoms with Gasteiger partial charge in [-0.05, 0) is 29.3 Å². The largest absolute Gasteiger partial charge is 0.494 e. The van der Waals surface area contributed by atoms with Crippen molar-refractivity contribution < 1.29 is 13.9 Å². The molecule has 0 unspecified atom stereocenters. The second kappa shape index (κ2) is 6.44. The second-order valence-electron chi connectivity index (χ2n) is 5.10. The minimum atomic E-state index is -0.478. The first kappa shape index (κ1) is 15.0. The molecule has 0 bridgehead atoms. The number of nitrogens with zero attached hydrogens (tertiary/aromatic N) is 1. The molecule has 1 aliphatic heterocycles. The van der Waals surface area contributed by atoms with Crippen molar-refractivity contribution in [3.63, 3.8) is 0 Å². The Morgan fingerprint density at radius 1 is 1.22 bits per heavy atom. The van der Waals surface area contributed by atoms with Crippen molar-refractivity contribution in [1.82, 2.24) is 5.32 Å². The predicted octanol–water partition coefficient (Wildman–Crippen LogP) is 2.95. The number of benzene rings is 2. The van der Waals surface area contributed by atoms with Gasteiger partial charge in [-0.2, -0.15) is 0 Å². The second-order valence-corrected chi connectivity index (χ2v) is 5.10. The summed E-state index contributed by atoms with van der Waals surface area (Å²) in [6.07, 6.45) is 2.09. The van der Waals surface area contributed by atoms with Crippen LogP contribution in [0, 0.1) is 5.82 Å². The van der Waals surface area contributed by atoms with Gasteiger partial charge in [0.1, 0.15) is 11.5 Å². The highest BCUT2D eigenvalue weighted by Crippen LogP contribution is 2.20. The van der Waals surface area contributed by atoms with Crippen molar-refractivity contribution >= 4 is 17.8 Å². The number of carbonyl (C=O) groups excluding carboxylic acids is 1. The topological polar surface area (TPSA) is 50.7 Å². The lowest BCUT2D eigenvalue weighted by Gasteiger charge is -2.02. The Balaban J connectivity index is 1.82. The zero-order chi connectivity index (χ0) is 16.2. The molecule has 1 amide bonds. The molecule has 0 atom stereocenters. The van der Waals surface area contributed by atoms with Crippen LogP contribution < -0.4 is 10.1 Å². The number of amides is 1. The maximum atomic E-state index is 13.7. The molecule has 2 aromatic carbocycles. The Labute approximate surface area is 133 Å². The molecule has 2 aromatic rings. The third-order valence-electron chi connectivity index (χ3n) is 3.44. The monoisotopic (exact) mass is 310 g/mol. The van der Waals surface area contributed by atoms with Gasteiger partial charge in [0.2, 0.25) is 0 Å². The smallest absolute Gasteiger partial charge is 0.275 e. The highest BCUT2D eigenvalue weighted by molar-refractivity contribution is 6.14. The van der Waals surface area contributed by atoms with Gasteiger partial charge in [-0.25, -0.2) is 9.38 Å². The number of rotatable bonds is 4. The number of amidine groups is 1. The molecule has 0 fully saturated rings. The van der Waals surface area contributed by atoms with Crippen molar-refractivity contribution in [3.8, 4) is 5.75 Å². The minimum Gasteiger partial charge on any atom is -0.494 e. The van der Waals surface area contributed by atoms with E-state index in [1.165, 1.54) is 19.2 Å². The van der Waals surface area contributed by atoms with Gasteiger partial charge in [0, 0.05) is 6.42 Å². The van der Waals surface area contributed by atoms with Crippen LogP contribution in [-0.4, -0.2) is 18.9 Å². The van der Waals surface area contributed by atoms with Gasteiger partial charge < -0.3 is 10.1 Å². The van der Waals surface area contributed by atoms with Crippen LogP contribution in [0.15, 0.2) is 59.2 Å². The summed E-state index contributed by atoms with van der Waals surface area (Å²) in [6, 6.07) is 14.2. The normalized spacial score (nSPS) is 15.5. The number of methoxy groups -OCH3 is 1. The fraction of sp³-hybridized carbons (Fsp3) is 0.111. The first-order chi connectivity index (χ1) is 11.2. The van der Waals surface area contributed by atoms with E-state index in [4.69, 9.17) is 4.74 Å². The van der Waals surface area contributed by atoms with E-state index in [9.17, 15) is 9.18 Å². The average molecular weight is 310 g/mol. The summed E-state index contributed by atoms with van der Waals surface area (Å²) in [5.74, 6) is -0.0152. The summed E-state index contributed by atoms with van der Waals surface area (Å²) in [4.78, 5) is 16.3. The molecule has 0 saturated heterocycles. The van der Waals surface area contributed by atoms with E-state index < -0.39 is 5.82 Å². The third kappa shape index (κ3) is 3.45. The van der Waals surface area contributed by atoms with Gasteiger partial charge in [-0.1, -0.05) is 36.4 Å². The zero-order valence-electron chi connectivity index (χ0n) is 12.5. The Bertz CT molecular complexity index is 798. The minimum absolute atomic E-state index is 0.163. The molecular weight excluding hydrogens is 295 g/mol. The molecule has 1 heterocycles. The van der Waals surface area contributed by atoms with E-state index in [0.29, 0.717) is 17.8 Å². The van der Waals surface area contributed by atoms with Crippen molar-refractivity contribution in [2.75, 3.05) is 7.11 Å². The van der Waals surface area contributed by atoms with E-state index in [1.807, 2.05) is 30.3 Å². The maximum Gasteiger partial charge on any atom is 0.275 e. The van der Waals surface area contributed by atoms with E-state index >= 15 is 0 Å². The molecule has 3 rings (SSSR count). The Hall–Kier alpha value is -2.95. The van der Waals surface area contributed by atoms with E-state index in [-0.39, 0.29) is 17.4 Å². The van der Waals surface area contributed by atoms with Crippen LogP contribution in [0.3, 0.4) is 0 Å². The Morgan fingerprint density at radius 3 is 2.70 bits per heavy atom. The molecular formula is C18H15FN2O2. The van der Waals surface area contributed by atoms with Gasteiger partial charge in [-0.15, -0.1) is 0 Å². The van der Waals surface area contributed by atoms with Crippen LogP contribution in [0.5, 0.6) is 5.75 Å². The molecule has 0 saturated carbocycles. The van der Waals surface area contributed by atoms with Crippen LogP contribution in [0.1, 0.15) is 11.1 Å². The number of ether oxygens (including phenoxy) is 1. The van der Waals surface area contributed by atoms with Crippen LogP contribution in [0.2, 0.25) is 0 Å². The van der Waals surface area contributed by atoms with Gasteiger partial charge >= 0.3 is 0 Å². The van der Waals surface area contributed by atoms with Crippen LogP contribution in [0.25, 0.3) is 6.08 Å². The van der Waals surface area contributed by atoms with E-state index in [2.05, 4.69) is 10.3 Å². The highest BCUT2D eigenvalue weighted by atomic mass is 19.1. The molecule has 23 heavy (non-hydrogen) atoms. The molecule has 1 N–H and O–H groups in total. The van der Waals surface area contributed by atoms with Gasteiger partial charge in [0.15, 0.2) is 11.6 Å². The van der Waals surface area contributed by atoms with Crippen LogP contribution in [0.4, 0.5) is 4.39 Å². The summed E-state index contributed by atoms with van der Waals surface area (Å²) in [5.41, 5.74) is 1.88. The molecule has 116 valence electrons. The summed E-state index contributed by atoms with van der Waals surface area (Å²) >= 11 is 0. The highest BCUT2D eigenvalue weighted by Gasteiger charge is 2.20. The summed E-state index contributed by atoms with van der Waals surface area (Å²) in [6.45, 7) is 0. The molecule has 0 aliphatic carbocycles. The predicted molar refractivity (Wildman–Crippen MR) is 86.7 cm³/mol. The molecule has 0 spiro atoms. The van der Waals surface area contributed by atoms with Gasteiger partial charge in [-0.3, -0.25) is 4.79 Å².